The van der Waals surface area contributed by atoms with E-state index in [1.807, 2.05) is 0 Å². The van der Waals surface area contributed by atoms with E-state index in [1.54, 1.807) is 0 Å². The molecule has 4 aliphatic heterocycles. The molecule has 2 nitrogen and oxygen atoms in total. The van der Waals surface area contributed by atoms with Gasteiger partial charge < -0.3 is 4.90 Å². The van der Waals surface area contributed by atoms with Crippen LogP contribution in [0.25, 0.3) is 0 Å². The fraction of sp³-hybridized carbons (Fsp3) is 1.00. The maximum absolute atomic E-state index is 2.98. The van der Waals surface area contributed by atoms with Crippen molar-refractivity contribution >= 4 is 0 Å². The summed E-state index contributed by atoms with van der Waals surface area (Å²) in [7, 11) is 0. The minimum absolute atomic E-state index is 0.603. The van der Waals surface area contributed by atoms with Crippen LogP contribution < -0.4 is 0 Å². The first kappa shape index (κ1) is 11.7. The highest BCUT2D eigenvalue weighted by atomic mass is 15.3. The van der Waals surface area contributed by atoms with Crippen molar-refractivity contribution in [3.05, 3.63) is 0 Å². The Morgan fingerprint density at radius 1 is 1.00 bits per heavy atom. The maximum atomic E-state index is 2.98. The van der Waals surface area contributed by atoms with Crippen LogP contribution in [-0.2, 0) is 0 Å². The quantitative estimate of drug-likeness (QED) is 0.741. The van der Waals surface area contributed by atoms with Crippen LogP contribution in [0.5, 0.6) is 0 Å². The van der Waals surface area contributed by atoms with Crippen LogP contribution in [0.2, 0.25) is 0 Å². The highest BCUT2D eigenvalue weighted by Gasteiger charge is 2.54. The first-order valence-corrected chi connectivity index (χ1v) is 8.29. The number of likely N-dealkylation sites (tertiary alicyclic amines) is 1. The minimum Gasteiger partial charge on any atom is -0.301 e. The van der Waals surface area contributed by atoms with Crippen LogP contribution in [0.4, 0.5) is 0 Å². The highest BCUT2D eigenvalue weighted by molar-refractivity contribution is 5.09. The van der Waals surface area contributed by atoms with Gasteiger partial charge in [-0.2, -0.15) is 0 Å². The van der Waals surface area contributed by atoms with Gasteiger partial charge in [0.25, 0.3) is 0 Å². The molecule has 1 saturated carbocycles. The van der Waals surface area contributed by atoms with Gasteiger partial charge in [-0.05, 0) is 76.9 Å². The van der Waals surface area contributed by atoms with Crippen LogP contribution >= 0.6 is 0 Å². The van der Waals surface area contributed by atoms with Crippen molar-refractivity contribution in [1.82, 2.24) is 9.80 Å². The van der Waals surface area contributed by atoms with Gasteiger partial charge in [0.15, 0.2) is 0 Å². The van der Waals surface area contributed by atoms with Crippen LogP contribution in [-0.4, -0.2) is 47.6 Å². The molecule has 0 amide bonds. The topological polar surface area (TPSA) is 6.48 Å². The van der Waals surface area contributed by atoms with Gasteiger partial charge in [-0.3, -0.25) is 4.90 Å². The van der Waals surface area contributed by atoms with Crippen LogP contribution in [0.3, 0.4) is 0 Å². The Balaban J connectivity index is 1.58. The molecule has 5 rings (SSSR count). The summed E-state index contributed by atoms with van der Waals surface area (Å²) in [5.41, 5.74) is 0.603. The average Bonchev–Trinajstić information content (AvgIpc) is 2.72. The fourth-order valence-electron chi connectivity index (χ4n) is 5.46. The van der Waals surface area contributed by atoms with Gasteiger partial charge in [0.2, 0.25) is 0 Å². The fourth-order valence-corrected chi connectivity index (χ4v) is 5.46. The Labute approximate surface area is 112 Å². The van der Waals surface area contributed by atoms with Crippen molar-refractivity contribution in [3.8, 4) is 0 Å². The summed E-state index contributed by atoms with van der Waals surface area (Å²) in [6, 6.07) is 0.863. The largest absolute Gasteiger partial charge is 0.301 e. The van der Waals surface area contributed by atoms with E-state index in [2.05, 4.69) is 16.7 Å². The first-order chi connectivity index (χ1) is 8.79. The highest BCUT2D eigenvalue weighted by Crippen LogP contribution is 2.48. The smallest absolute Gasteiger partial charge is 0.0368 e. The molecule has 0 aromatic heterocycles. The van der Waals surface area contributed by atoms with Gasteiger partial charge in [-0.15, -0.1) is 0 Å². The SMILES string of the molecule is CC(C1CCC1)N1CCCC12CN1CCC2CC1. The number of piperidine rings is 3. The van der Waals surface area contributed by atoms with Gasteiger partial charge >= 0.3 is 0 Å². The summed E-state index contributed by atoms with van der Waals surface area (Å²) in [6.45, 7) is 8.10. The van der Waals surface area contributed by atoms with Crippen molar-refractivity contribution in [2.45, 2.75) is 63.5 Å². The molecule has 2 atom stereocenters. The monoisotopic (exact) mass is 248 g/mol. The lowest BCUT2D eigenvalue weighted by atomic mass is 9.69. The molecule has 2 bridgehead atoms. The molecule has 4 saturated heterocycles. The number of fused-ring (bicyclic) bond motifs is 2. The Kier molecular flexibility index (Phi) is 2.74. The second-order valence-electron chi connectivity index (χ2n) is 7.38. The molecule has 5 fully saturated rings. The van der Waals surface area contributed by atoms with Gasteiger partial charge in [0.1, 0.15) is 0 Å². The summed E-state index contributed by atoms with van der Waals surface area (Å²) in [4.78, 5) is 5.73. The van der Waals surface area contributed by atoms with E-state index < -0.39 is 0 Å². The zero-order valence-electron chi connectivity index (χ0n) is 11.9. The van der Waals surface area contributed by atoms with E-state index in [0.29, 0.717) is 5.54 Å². The normalized spacial score (nSPS) is 46.5. The van der Waals surface area contributed by atoms with Gasteiger partial charge in [-0.1, -0.05) is 6.42 Å². The standard InChI is InChI=1S/C16H28N2/c1-13(14-4-2-5-14)18-9-3-8-16(18)12-17-10-6-15(16)7-11-17/h13-15H,2-12H2,1H3. The van der Waals surface area contributed by atoms with Crippen molar-refractivity contribution < 1.29 is 0 Å². The summed E-state index contributed by atoms with van der Waals surface area (Å²) in [6.07, 6.45) is 10.4. The number of nitrogens with zero attached hydrogens (tertiary/aromatic N) is 2. The van der Waals surface area contributed by atoms with Gasteiger partial charge in [0.05, 0.1) is 0 Å². The number of hydrogen-bond donors (Lipinski definition) is 0. The second kappa shape index (κ2) is 4.21. The zero-order valence-corrected chi connectivity index (χ0v) is 11.9. The molecule has 2 heteroatoms. The minimum atomic E-state index is 0.603. The third kappa shape index (κ3) is 1.54. The molecule has 102 valence electrons. The van der Waals surface area contributed by atoms with Crippen LogP contribution in [0.15, 0.2) is 0 Å². The lowest BCUT2D eigenvalue weighted by Gasteiger charge is -2.58. The molecular weight excluding hydrogens is 220 g/mol. The zero-order chi connectivity index (χ0) is 12.2. The lowest BCUT2D eigenvalue weighted by molar-refractivity contribution is -0.0795. The van der Waals surface area contributed by atoms with E-state index in [1.165, 1.54) is 71.1 Å². The first-order valence-electron chi connectivity index (χ1n) is 8.29. The van der Waals surface area contributed by atoms with Crippen LogP contribution in [0.1, 0.15) is 51.9 Å². The molecule has 0 N–H and O–H groups in total. The van der Waals surface area contributed by atoms with Crippen LogP contribution in [0, 0.1) is 11.8 Å². The summed E-state index contributed by atoms with van der Waals surface area (Å²) < 4.78 is 0. The third-order valence-corrected chi connectivity index (χ3v) is 6.75. The molecular formula is C16H28N2. The molecule has 0 radical (unpaired) electrons. The summed E-state index contributed by atoms with van der Waals surface area (Å²) >= 11 is 0. The molecule has 5 aliphatic rings. The van der Waals surface area contributed by atoms with Gasteiger partial charge in [0, 0.05) is 18.1 Å². The average molecular weight is 248 g/mol. The predicted octanol–water partition coefficient (Wildman–Crippen LogP) is 2.74. The lowest BCUT2D eigenvalue weighted by Crippen LogP contribution is -2.66. The third-order valence-electron chi connectivity index (χ3n) is 6.75. The molecule has 0 aromatic rings. The Morgan fingerprint density at radius 2 is 1.78 bits per heavy atom. The summed E-state index contributed by atoms with van der Waals surface area (Å²) in [5.74, 6) is 2.04. The molecule has 1 spiro atoms. The van der Waals surface area contributed by atoms with Crippen molar-refractivity contribution in [3.63, 3.8) is 0 Å². The van der Waals surface area contributed by atoms with Crippen molar-refractivity contribution in [2.75, 3.05) is 26.2 Å². The Hall–Kier alpha value is -0.0800. The Morgan fingerprint density at radius 3 is 2.33 bits per heavy atom. The van der Waals surface area contributed by atoms with Crippen molar-refractivity contribution in [2.24, 2.45) is 11.8 Å². The van der Waals surface area contributed by atoms with E-state index >= 15 is 0 Å². The Bertz CT molecular complexity index is 317. The molecule has 18 heavy (non-hydrogen) atoms. The molecule has 1 aliphatic carbocycles. The molecule has 4 heterocycles. The molecule has 2 unspecified atom stereocenters. The summed E-state index contributed by atoms with van der Waals surface area (Å²) in [5, 5.41) is 0. The van der Waals surface area contributed by atoms with E-state index in [4.69, 9.17) is 0 Å². The van der Waals surface area contributed by atoms with Gasteiger partial charge in [-0.25, -0.2) is 0 Å². The maximum Gasteiger partial charge on any atom is 0.0368 e. The van der Waals surface area contributed by atoms with E-state index in [-0.39, 0.29) is 0 Å². The van der Waals surface area contributed by atoms with Crippen molar-refractivity contribution in [1.29, 1.82) is 0 Å². The van der Waals surface area contributed by atoms with E-state index in [9.17, 15) is 0 Å². The number of hydrogen-bond acceptors (Lipinski definition) is 2. The number of rotatable bonds is 2. The second-order valence-corrected chi connectivity index (χ2v) is 7.38. The predicted molar refractivity (Wildman–Crippen MR) is 74.6 cm³/mol. The molecule has 0 aromatic carbocycles. The van der Waals surface area contributed by atoms with E-state index in [0.717, 1.165) is 17.9 Å².